The normalized spacial score (nSPS) is 32.5. The van der Waals surface area contributed by atoms with Gasteiger partial charge in [-0.2, -0.15) is 0 Å². The average molecular weight is 184 g/mol. The van der Waals surface area contributed by atoms with Crippen LogP contribution in [0.4, 0.5) is 0 Å². The van der Waals surface area contributed by atoms with E-state index >= 15 is 0 Å². The van der Waals surface area contributed by atoms with Gasteiger partial charge in [-0.25, -0.2) is 0 Å². The molecule has 0 aromatic heterocycles. The second kappa shape index (κ2) is 4.40. The molecule has 2 aliphatic rings. The fourth-order valence-electron chi connectivity index (χ4n) is 2.41. The van der Waals surface area contributed by atoms with Gasteiger partial charge >= 0.3 is 0 Å². The molecule has 0 aliphatic carbocycles. The molecular formula is C10H20N2O. The summed E-state index contributed by atoms with van der Waals surface area (Å²) in [6.07, 6.45) is 3.55. The lowest BCUT2D eigenvalue weighted by molar-refractivity contribution is 0.165. The van der Waals surface area contributed by atoms with E-state index in [1.165, 1.54) is 32.5 Å². The van der Waals surface area contributed by atoms with Crippen LogP contribution in [-0.4, -0.2) is 48.8 Å². The van der Waals surface area contributed by atoms with Crippen LogP contribution < -0.4 is 5.32 Å². The van der Waals surface area contributed by atoms with E-state index in [2.05, 4.69) is 10.2 Å². The maximum atomic E-state index is 9.38. The van der Waals surface area contributed by atoms with Crippen LogP contribution in [0.15, 0.2) is 0 Å². The number of β-amino-alcohol motifs (C(OH)–C–C–N with tert-alkyl or cyclic N) is 1. The zero-order valence-corrected chi connectivity index (χ0v) is 8.21. The smallest absolute Gasteiger partial charge is 0.0679 e. The first-order valence-electron chi connectivity index (χ1n) is 5.46. The molecule has 2 aliphatic heterocycles. The number of nitrogens with zero attached hydrogens (tertiary/aromatic N) is 1. The molecule has 0 aromatic carbocycles. The van der Waals surface area contributed by atoms with Crippen molar-refractivity contribution < 1.29 is 5.11 Å². The van der Waals surface area contributed by atoms with E-state index in [0.29, 0.717) is 0 Å². The molecule has 3 nitrogen and oxygen atoms in total. The van der Waals surface area contributed by atoms with Gasteiger partial charge in [-0.1, -0.05) is 0 Å². The summed E-state index contributed by atoms with van der Waals surface area (Å²) in [5.74, 6) is 0.867. The van der Waals surface area contributed by atoms with E-state index in [0.717, 1.165) is 25.4 Å². The number of aliphatic hydroxyl groups is 1. The van der Waals surface area contributed by atoms with Crippen LogP contribution in [0.2, 0.25) is 0 Å². The number of hydrogen-bond acceptors (Lipinski definition) is 3. The van der Waals surface area contributed by atoms with Crippen LogP contribution in [0.5, 0.6) is 0 Å². The first-order valence-corrected chi connectivity index (χ1v) is 5.46. The lowest BCUT2D eigenvalue weighted by Gasteiger charge is -2.27. The van der Waals surface area contributed by atoms with E-state index < -0.39 is 0 Å². The van der Waals surface area contributed by atoms with Crippen LogP contribution in [0, 0.1) is 5.92 Å². The highest BCUT2D eigenvalue weighted by Crippen LogP contribution is 2.17. The van der Waals surface area contributed by atoms with Crippen molar-refractivity contribution in [3.05, 3.63) is 0 Å². The van der Waals surface area contributed by atoms with Crippen molar-refractivity contribution in [2.24, 2.45) is 5.92 Å². The Balaban J connectivity index is 1.71. The summed E-state index contributed by atoms with van der Waals surface area (Å²) in [7, 11) is 0. The Morgan fingerprint density at radius 3 is 2.62 bits per heavy atom. The highest BCUT2D eigenvalue weighted by molar-refractivity contribution is 4.78. The summed E-state index contributed by atoms with van der Waals surface area (Å²) in [4.78, 5) is 2.42. The number of aliphatic hydroxyl groups excluding tert-OH is 1. The molecule has 13 heavy (non-hydrogen) atoms. The summed E-state index contributed by atoms with van der Waals surface area (Å²) in [6, 6.07) is 0. The van der Waals surface area contributed by atoms with Gasteiger partial charge in [0.1, 0.15) is 0 Å². The molecule has 0 radical (unpaired) electrons. The Morgan fingerprint density at radius 2 is 2.00 bits per heavy atom. The Labute approximate surface area is 80.1 Å². The first kappa shape index (κ1) is 9.44. The van der Waals surface area contributed by atoms with Crippen molar-refractivity contribution in [1.82, 2.24) is 10.2 Å². The van der Waals surface area contributed by atoms with Crippen LogP contribution in [-0.2, 0) is 0 Å². The van der Waals surface area contributed by atoms with Crippen molar-refractivity contribution in [2.75, 3.05) is 32.7 Å². The minimum atomic E-state index is -0.0540. The van der Waals surface area contributed by atoms with E-state index in [1.54, 1.807) is 0 Å². The molecule has 0 spiro atoms. The number of nitrogens with one attached hydrogen (secondary N) is 1. The van der Waals surface area contributed by atoms with Crippen LogP contribution in [0.25, 0.3) is 0 Å². The van der Waals surface area contributed by atoms with Crippen molar-refractivity contribution in [3.63, 3.8) is 0 Å². The van der Waals surface area contributed by atoms with Gasteiger partial charge in [0.15, 0.2) is 0 Å². The Bertz CT molecular complexity index is 154. The van der Waals surface area contributed by atoms with Gasteiger partial charge in [0.25, 0.3) is 0 Å². The minimum absolute atomic E-state index is 0.0540. The SMILES string of the molecule is O[C@H]1CCN(CC2CCNCC2)C1. The summed E-state index contributed by atoms with van der Waals surface area (Å²) < 4.78 is 0. The van der Waals surface area contributed by atoms with Gasteiger partial charge in [-0.05, 0) is 38.3 Å². The molecular weight excluding hydrogens is 164 g/mol. The monoisotopic (exact) mass is 184 g/mol. The predicted molar refractivity (Wildman–Crippen MR) is 52.7 cm³/mol. The quantitative estimate of drug-likeness (QED) is 0.636. The molecule has 2 N–H and O–H groups in total. The molecule has 2 heterocycles. The lowest BCUT2D eigenvalue weighted by atomic mass is 9.98. The highest BCUT2D eigenvalue weighted by atomic mass is 16.3. The largest absolute Gasteiger partial charge is 0.392 e. The number of rotatable bonds is 2. The van der Waals surface area contributed by atoms with E-state index in [1.807, 2.05) is 0 Å². The van der Waals surface area contributed by atoms with Gasteiger partial charge in [0.2, 0.25) is 0 Å². The Hall–Kier alpha value is -0.120. The number of hydrogen-bond donors (Lipinski definition) is 2. The molecule has 76 valence electrons. The fraction of sp³-hybridized carbons (Fsp3) is 1.00. The molecule has 2 rings (SSSR count). The predicted octanol–water partition coefficient (Wildman–Crippen LogP) is 0.0526. The molecule has 0 aromatic rings. The molecule has 2 fully saturated rings. The summed E-state index contributed by atoms with van der Waals surface area (Å²) in [5.41, 5.74) is 0. The summed E-state index contributed by atoms with van der Waals surface area (Å²) >= 11 is 0. The topological polar surface area (TPSA) is 35.5 Å². The third-order valence-electron chi connectivity index (χ3n) is 3.22. The number of likely N-dealkylation sites (tertiary alicyclic amines) is 1. The van der Waals surface area contributed by atoms with Crippen LogP contribution >= 0.6 is 0 Å². The van der Waals surface area contributed by atoms with Crippen molar-refractivity contribution >= 4 is 0 Å². The van der Waals surface area contributed by atoms with E-state index in [9.17, 15) is 5.11 Å². The molecule has 2 saturated heterocycles. The highest BCUT2D eigenvalue weighted by Gasteiger charge is 2.23. The van der Waals surface area contributed by atoms with Gasteiger partial charge in [0, 0.05) is 19.6 Å². The van der Waals surface area contributed by atoms with Crippen LogP contribution in [0.1, 0.15) is 19.3 Å². The maximum absolute atomic E-state index is 9.38. The zero-order valence-electron chi connectivity index (χ0n) is 8.21. The van der Waals surface area contributed by atoms with E-state index in [4.69, 9.17) is 0 Å². The first-order chi connectivity index (χ1) is 6.34. The molecule has 0 amide bonds. The summed E-state index contributed by atoms with van der Waals surface area (Å²) in [5, 5.41) is 12.8. The second-order valence-electron chi connectivity index (χ2n) is 4.40. The van der Waals surface area contributed by atoms with Gasteiger partial charge in [-0.15, -0.1) is 0 Å². The third kappa shape index (κ3) is 2.66. The van der Waals surface area contributed by atoms with Crippen molar-refractivity contribution in [1.29, 1.82) is 0 Å². The maximum Gasteiger partial charge on any atom is 0.0679 e. The zero-order chi connectivity index (χ0) is 9.10. The lowest BCUT2D eigenvalue weighted by Crippen LogP contribution is -2.35. The van der Waals surface area contributed by atoms with Gasteiger partial charge in [-0.3, -0.25) is 0 Å². The molecule has 0 bridgehead atoms. The molecule has 0 saturated carbocycles. The van der Waals surface area contributed by atoms with E-state index in [-0.39, 0.29) is 6.10 Å². The van der Waals surface area contributed by atoms with Crippen molar-refractivity contribution in [3.8, 4) is 0 Å². The average Bonchev–Trinajstić information content (AvgIpc) is 2.53. The molecule has 3 heteroatoms. The molecule has 1 atom stereocenters. The standard InChI is InChI=1S/C10H20N2O/c13-10-3-6-12(8-10)7-9-1-4-11-5-2-9/h9-11,13H,1-8H2/t10-/m0/s1. The fourth-order valence-corrected chi connectivity index (χ4v) is 2.41. The third-order valence-corrected chi connectivity index (χ3v) is 3.22. The Morgan fingerprint density at radius 1 is 1.23 bits per heavy atom. The van der Waals surface area contributed by atoms with Gasteiger partial charge in [0.05, 0.1) is 6.10 Å². The second-order valence-corrected chi connectivity index (χ2v) is 4.40. The molecule has 0 unspecified atom stereocenters. The summed E-state index contributed by atoms with van der Waals surface area (Å²) in [6.45, 7) is 5.58. The Kier molecular flexibility index (Phi) is 3.19. The van der Waals surface area contributed by atoms with Crippen LogP contribution in [0.3, 0.4) is 0 Å². The minimum Gasteiger partial charge on any atom is -0.392 e. The van der Waals surface area contributed by atoms with Crippen molar-refractivity contribution in [2.45, 2.75) is 25.4 Å². The number of piperidine rings is 1. The van der Waals surface area contributed by atoms with Gasteiger partial charge < -0.3 is 15.3 Å².